The average Bonchev–Trinajstić information content (AvgIpc) is 3.15. The number of nitrogens with zero attached hydrogens (tertiary/aromatic N) is 3. The lowest BCUT2D eigenvalue weighted by molar-refractivity contribution is -0.133. The number of aromatic nitrogens is 2. The molecule has 2 rings (SSSR count). The van der Waals surface area contributed by atoms with Gasteiger partial charge in [-0.25, -0.2) is 18.1 Å². The Kier molecular flexibility index (Phi) is 8.33. The number of halogens is 1. The van der Waals surface area contributed by atoms with E-state index in [9.17, 15) is 13.2 Å². The highest BCUT2D eigenvalue weighted by Crippen LogP contribution is 2.11. The van der Waals surface area contributed by atoms with Gasteiger partial charge < -0.3 is 14.8 Å². The highest BCUT2D eigenvalue weighted by Gasteiger charge is 2.26. The normalized spacial score (nSPS) is 17.3. The van der Waals surface area contributed by atoms with E-state index in [4.69, 9.17) is 0 Å². The van der Waals surface area contributed by atoms with Gasteiger partial charge in [0.2, 0.25) is 5.91 Å². The Morgan fingerprint density at radius 1 is 1.52 bits per heavy atom. The van der Waals surface area contributed by atoms with Crippen molar-refractivity contribution in [3.05, 3.63) is 12.0 Å². The number of rotatable bonds is 8. The van der Waals surface area contributed by atoms with Crippen molar-refractivity contribution < 1.29 is 13.2 Å². The fourth-order valence-corrected chi connectivity index (χ4v) is 3.89. The van der Waals surface area contributed by atoms with Crippen LogP contribution in [-0.2, 0) is 21.9 Å². The zero-order chi connectivity index (χ0) is 17.7. The zero-order valence-corrected chi connectivity index (χ0v) is 16.6. The molecule has 25 heavy (non-hydrogen) atoms. The fraction of sp³-hybridized carbons (Fsp3) is 0.733. The summed E-state index contributed by atoms with van der Waals surface area (Å²) < 4.78 is 28.5. The minimum absolute atomic E-state index is 0. The second-order valence-electron chi connectivity index (χ2n) is 6.12. The summed E-state index contributed by atoms with van der Waals surface area (Å²) in [5, 5.41) is 3.25. The molecule has 0 aromatic carbocycles. The quantitative estimate of drug-likeness (QED) is 0.667. The van der Waals surface area contributed by atoms with Crippen molar-refractivity contribution >= 4 is 28.3 Å². The largest absolute Gasteiger partial charge is 0.338 e. The van der Waals surface area contributed by atoms with E-state index >= 15 is 0 Å². The maximum Gasteiger partial charge on any atom is 0.259 e. The predicted molar refractivity (Wildman–Crippen MR) is 98.3 cm³/mol. The van der Waals surface area contributed by atoms with Crippen molar-refractivity contribution in [2.24, 2.45) is 7.05 Å². The summed E-state index contributed by atoms with van der Waals surface area (Å²) in [4.78, 5) is 18.3. The predicted octanol–water partition coefficient (Wildman–Crippen LogP) is 0.419. The summed E-state index contributed by atoms with van der Waals surface area (Å²) in [6, 6.07) is 0.215. The third-order valence-electron chi connectivity index (χ3n) is 4.25. The van der Waals surface area contributed by atoms with Gasteiger partial charge in [0.15, 0.2) is 5.03 Å². The Hall–Kier alpha value is -1.16. The number of amides is 1. The van der Waals surface area contributed by atoms with Crippen LogP contribution in [0.2, 0.25) is 0 Å². The van der Waals surface area contributed by atoms with E-state index in [-0.39, 0.29) is 42.3 Å². The van der Waals surface area contributed by atoms with Crippen molar-refractivity contribution in [2.75, 3.05) is 26.2 Å². The molecule has 0 bridgehead atoms. The van der Waals surface area contributed by atoms with Crippen LogP contribution in [0.5, 0.6) is 0 Å². The molecule has 1 atom stereocenters. The smallest absolute Gasteiger partial charge is 0.259 e. The van der Waals surface area contributed by atoms with Crippen LogP contribution in [0, 0.1) is 6.92 Å². The lowest BCUT2D eigenvalue weighted by Gasteiger charge is -2.28. The molecule has 1 amide bonds. The third-order valence-corrected chi connectivity index (χ3v) is 5.58. The maximum absolute atomic E-state index is 12.4. The van der Waals surface area contributed by atoms with E-state index < -0.39 is 10.0 Å². The van der Waals surface area contributed by atoms with E-state index in [0.717, 1.165) is 25.9 Å². The van der Waals surface area contributed by atoms with Gasteiger partial charge in [0, 0.05) is 45.3 Å². The summed E-state index contributed by atoms with van der Waals surface area (Å²) in [7, 11) is -1.94. The summed E-state index contributed by atoms with van der Waals surface area (Å²) in [5.74, 6) is 0.611. The van der Waals surface area contributed by atoms with Crippen LogP contribution >= 0.6 is 12.4 Å². The Morgan fingerprint density at radius 3 is 2.76 bits per heavy atom. The summed E-state index contributed by atoms with van der Waals surface area (Å²) in [6.07, 6.45) is 3.46. The van der Waals surface area contributed by atoms with Gasteiger partial charge in [0.05, 0.1) is 0 Å². The molecule has 1 fully saturated rings. The first kappa shape index (κ1) is 21.9. The molecule has 8 nitrogen and oxygen atoms in total. The highest BCUT2D eigenvalue weighted by atomic mass is 35.5. The molecule has 0 radical (unpaired) electrons. The number of aryl methyl sites for hydroxylation is 2. The van der Waals surface area contributed by atoms with Gasteiger partial charge in [-0.1, -0.05) is 6.92 Å². The Labute approximate surface area is 155 Å². The summed E-state index contributed by atoms with van der Waals surface area (Å²) in [6.45, 7) is 6.29. The summed E-state index contributed by atoms with van der Waals surface area (Å²) >= 11 is 0. The molecule has 1 unspecified atom stereocenters. The van der Waals surface area contributed by atoms with Gasteiger partial charge in [0.1, 0.15) is 5.82 Å². The molecule has 1 saturated heterocycles. The first-order valence-electron chi connectivity index (χ1n) is 8.35. The molecule has 0 aliphatic carbocycles. The number of hydrogen-bond acceptors (Lipinski definition) is 5. The molecule has 0 saturated carbocycles. The van der Waals surface area contributed by atoms with Crippen LogP contribution < -0.4 is 10.0 Å². The lowest BCUT2D eigenvalue weighted by atomic mass is 10.2. The van der Waals surface area contributed by atoms with Gasteiger partial charge in [0.25, 0.3) is 10.0 Å². The van der Waals surface area contributed by atoms with Gasteiger partial charge in [-0.3, -0.25) is 4.79 Å². The summed E-state index contributed by atoms with van der Waals surface area (Å²) in [5.41, 5.74) is 0. The van der Waals surface area contributed by atoms with Crippen LogP contribution in [-0.4, -0.2) is 61.0 Å². The van der Waals surface area contributed by atoms with Gasteiger partial charge in [-0.15, -0.1) is 12.4 Å². The SMILES string of the molecule is CCCN(C(=O)CCNS(=O)(=O)c1cn(C)c(C)n1)C1CCNC1.Cl. The van der Waals surface area contributed by atoms with E-state index in [2.05, 4.69) is 15.0 Å². The standard InChI is InChI=1S/C15H27N5O3S.ClH/c1-4-9-20(13-5-7-16-10-13)15(21)6-8-17-24(22,23)14-11-19(3)12(2)18-14;/h11,13,16-17H,4-10H2,1-3H3;1H. The van der Waals surface area contributed by atoms with Crippen molar-refractivity contribution in [1.29, 1.82) is 0 Å². The second-order valence-corrected chi connectivity index (χ2v) is 7.83. The molecular weight excluding hydrogens is 366 g/mol. The molecule has 2 heterocycles. The van der Waals surface area contributed by atoms with E-state index in [0.29, 0.717) is 12.4 Å². The van der Waals surface area contributed by atoms with Crippen molar-refractivity contribution in [1.82, 2.24) is 24.5 Å². The van der Waals surface area contributed by atoms with Crippen LogP contribution in [0.15, 0.2) is 11.2 Å². The first-order valence-corrected chi connectivity index (χ1v) is 9.83. The molecule has 1 aromatic rings. The molecule has 0 spiro atoms. The van der Waals surface area contributed by atoms with Gasteiger partial charge in [-0.05, 0) is 26.3 Å². The van der Waals surface area contributed by atoms with E-state index in [1.54, 1.807) is 18.5 Å². The van der Waals surface area contributed by atoms with Gasteiger partial charge in [-0.2, -0.15) is 0 Å². The zero-order valence-electron chi connectivity index (χ0n) is 15.0. The number of carbonyl (C=O) groups excluding carboxylic acids is 1. The number of sulfonamides is 1. The van der Waals surface area contributed by atoms with Crippen molar-refractivity contribution in [3.8, 4) is 0 Å². The number of carbonyl (C=O) groups is 1. The minimum atomic E-state index is -3.68. The first-order chi connectivity index (χ1) is 11.3. The topological polar surface area (TPSA) is 96.3 Å². The van der Waals surface area contributed by atoms with E-state index in [1.165, 1.54) is 6.20 Å². The van der Waals surface area contributed by atoms with Crippen molar-refractivity contribution in [3.63, 3.8) is 0 Å². The number of hydrogen-bond donors (Lipinski definition) is 2. The fourth-order valence-electron chi connectivity index (χ4n) is 2.82. The second kappa shape index (κ2) is 9.51. The number of imidazole rings is 1. The lowest BCUT2D eigenvalue weighted by Crippen LogP contribution is -2.43. The molecule has 144 valence electrons. The molecule has 1 aromatic heterocycles. The molecular formula is C15H28ClN5O3S. The van der Waals surface area contributed by atoms with Crippen LogP contribution in [0.3, 0.4) is 0 Å². The van der Waals surface area contributed by atoms with E-state index in [1.807, 2.05) is 11.8 Å². The Bertz CT molecular complexity index is 651. The van der Waals surface area contributed by atoms with Crippen molar-refractivity contribution in [2.45, 2.75) is 44.2 Å². The third kappa shape index (κ3) is 5.67. The minimum Gasteiger partial charge on any atom is -0.338 e. The average molecular weight is 394 g/mol. The Balaban J connectivity index is 0.00000312. The van der Waals surface area contributed by atoms with Crippen LogP contribution in [0.1, 0.15) is 32.0 Å². The monoisotopic (exact) mass is 393 g/mol. The molecule has 10 heteroatoms. The van der Waals surface area contributed by atoms with Crippen LogP contribution in [0.4, 0.5) is 0 Å². The molecule has 2 N–H and O–H groups in total. The van der Waals surface area contributed by atoms with Gasteiger partial charge >= 0.3 is 0 Å². The highest BCUT2D eigenvalue weighted by molar-refractivity contribution is 7.89. The molecule has 1 aliphatic rings. The Morgan fingerprint density at radius 2 is 2.24 bits per heavy atom. The maximum atomic E-state index is 12.4. The molecule has 1 aliphatic heterocycles. The van der Waals surface area contributed by atoms with Crippen LogP contribution in [0.25, 0.3) is 0 Å². The number of nitrogens with one attached hydrogen (secondary N) is 2.